The number of hydrogen-bond acceptors (Lipinski definition) is 2. The van der Waals surface area contributed by atoms with Crippen molar-refractivity contribution in [1.29, 1.82) is 0 Å². The van der Waals surface area contributed by atoms with Crippen molar-refractivity contribution in [2.24, 2.45) is 0 Å². The minimum Gasteiger partial charge on any atom is -0.395 e. The Hall–Kier alpha value is -2.33. The molecule has 144 valence electrons. The molecule has 2 aromatic rings. The summed E-state index contributed by atoms with van der Waals surface area (Å²) in [5.74, 6) is 0.603. The number of nitrogens with one attached hydrogen (secondary N) is 1. The Morgan fingerprint density at radius 2 is 1.56 bits per heavy atom. The van der Waals surface area contributed by atoms with Gasteiger partial charge >= 0.3 is 6.03 Å². The van der Waals surface area contributed by atoms with Crippen LogP contribution in [0.15, 0.2) is 60.7 Å². The van der Waals surface area contributed by atoms with E-state index in [9.17, 15) is 9.90 Å². The number of nitrogens with zero attached hydrogens (tertiary/aromatic N) is 1. The summed E-state index contributed by atoms with van der Waals surface area (Å²) in [6, 6.07) is 21.0. The van der Waals surface area contributed by atoms with Crippen molar-refractivity contribution in [3.8, 4) is 0 Å². The summed E-state index contributed by atoms with van der Waals surface area (Å²) in [7, 11) is 0. The van der Waals surface area contributed by atoms with E-state index in [-0.39, 0.29) is 18.7 Å². The molecule has 4 heteroatoms. The third kappa shape index (κ3) is 5.83. The lowest BCUT2D eigenvalue weighted by Crippen LogP contribution is -2.47. The van der Waals surface area contributed by atoms with Gasteiger partial charge in [-0.3, -0.25) is 0 Å². The molecule has 0 saturated heterocycles. The number of amides is 2. The summed E-state index contributed by atoms with van der Waals surface area (Å²) in [4.78, 5) is 14.4. The first-order chi connectivity index (χ1) is 13.3. The van der Waals surface area contributed by atoms with Gasteiger partial charge in [0.2, 0.25) is 0 Å². The van der Waals surface area contributed by atoms with Crippen LogP contribution in [0.1, 0.15) is 42.7 Å². The molecule has 0 radical (unpaired) electrons. The van der Waals surface area contributed by atoms with Gasteiger partial charge in [-0.25, -0.2) is 4.79 Å². The maximum absolute atomic E-state index is 12.7. The van der Waals surface area contributed by atoms with Crippen LogP contribution in [0, 0.1) is 0 Å². The highest BCUT2D eigenvalue weighted by Gasteiger charge is 2.24. The molecule has 0 spiro atoms. The van der Waals surface area contributed by atoms with E-state index in [1.165, 1.54) is 11.1 Å². The summed E-state index contributed by atoms with van der Waals surface area (Å²) < 4.78 is 0. The molecule has 1 aliphatic carbocycles. The van der Waals surface area contributed by atoms with Crippen LogP contribution in [0.2, 0.25) is 0 Å². The molecule has 1 fully saturated rings. The van der Waals surface area contributed by atoms with E-state index in [1.807, 2.05) is 18.2 Å². The maximum Gasteiger partial charge on any atom is 0.317 e. The Morgan fingerprint density at radius 1 is 0.926 bits per heavy atom. The zero-order chi connectivity index (χ0) is 18.9. The second-order valence-electron chi connectivity index (χ2n) is 7.35. The molecule has 4 nitrogen and oxygen atoms in total. The highest BCUT2D eigenvalue weighted by molar-refractivity contribution is 5.74. The summed E-state index contributed by atoms with van der Waals surface area (Å²) in [6.45, 7) is 0.983. The van der Waals surface area contributed by atoms with Gasteiger partial charge < -0.3 is 15.3 Å². The van der Waals surface area contributed by atoms with Gasteiger partial charge in [0.15, 0.2) is 0 Å². The molecule has 0 aromatic heterocycles. The molecule has 2 amide bonds. The smallest absolute Gasteiger partial charge is 0.317 e. The van der Waals surface area contributed by atoms with Gasteiger partial charge in [-0.05, 0) is 49.1 Å². The van der Waals surface area contributed by atoms with Crippen molar-refractivity contribution in [1.82, 2.24) is 10.2 Å². The van der Waals surface area contributed by atoms with Gasteiger partial charge in [-0.15, -0.1) is 0 Å². The van der Waals surface area contributed by atoms with Crippen LogP contribution in [0.5, 0.6) is 0 Å². The number of aliphatic hydroxyl groups is 1. The van der Waals surface area contributed by atoms with E-state index in [1.54, 1.807) is 4.90 Å². The van der Waals surface area contributed by atoms with Crippen molar-refractivity contribution in [3.63, 3.8) is 0 Å². The number of benzene rings is 2. The Labute approximate surface area is 162 Å². The second kappa shape index (κ2) is 10.1. The van der Waals surface area contributed by atoms with E-state index < -0.39 is 0 Å². The fourth-order valence-electron chi connectivity index (χ4n) is 3.91. The molecular weight excluding hydrogens is 336 g/mol. The molecule has 2 N–H and O–H groups in total. The minimum absolute atomic E-state index is 0.0110. The van der Waals surface area contributed by atoms with Crippen LogP contribution < -0.4 is 5.32 Å². The quantitative estimate of drug-likeness (QED) is 0.779. The van der Waals surface area contributed by atoms with Gasteiger partial charge in [-0.1, -0.05) is 60.7 Å². The van der Waals surface area contributed by atoms with Crippen molar-refractivity contribution >= 4 is 6.03 Å². The van der Waals surface area contributed by atoms with E-state index in [0.29, 0.717) is 19.0 Å². The lowest BCUT2D eigenvalue weighted by molar-refractivity contribution is 0.171. The van der Waals surface area contributed by atoms with Gasteiger partial charge in [-0.2, -0.15) is 0 Å². The van der Waals surface area contributed by atoms with Crippen LogP contribution in [0.4, 0.5) is 4.79 Å². The highest BCUT2D eigenvalue weighted by Crippen LogP contribution is 2.32. The fourth-order valence-corrected chi connectivity index (χ4v) is 3.91. The van der Waals surface area contributed by atoms with Crippen molar-refractivity contribution in [2.75, 3.05) is 19.7 Å². The molecule has 0 unspecified atom stereocenters. The summed E-state index contributed by atoms with van der Waals surface area (Å²) in [5.41, 5.74) is 2.61. The summed E-state index contributed by atoms with van der Waals surface area (Å²) in [6.07, 6.45) is 5.04. The van der Waals surface area contributed by atoms with E-state index in [0.717, 1.165) is 32.1 Å². The first-order valence-corrected chi connectivity index (χ1v) is 10.0. The molecule has 0 atom stereocenters. The molecule has 27 heavy (non-hydrogen) atoms. The number of urea groups is 1. The largest absolute Gasteiger partial charge is 0.395 e. The van der Waals surface area contributed by atoms with E-state index in [2.05, 4.69) is 47.8 Å². The minimum atomic E-state index is -0.0526. The van der Waals surface area contributed by atoms with E-state index >= 15 is 0 Å². The summed E-state index contributed by atoms with van der Waals surface area (Å²) in [5, 5.41) is 12.5. The predicted molar refractivity (Wildman–Crippen MR) is 109 cm³/mol. The number of carbonyl (C=O) groups is 1. The molecule has 0 aliphatic heterocycles. The van der Waals surface area contributed by atoms with Crippen molar-refractivity contribution in [3.05, 3.63) is 71.8 Å². The number of rotatable bonds is 7. The monoisotopic (exact) mass is 366 g/mol. The van der Waals surface area contributed by atoms with Crippen molar-refractivity contribution in [2.45, 2.75) is 44.1 Å². The van der Waals surface area contributed by atoms with Gasteiger partial charge in [0, 0.05) is 19.1 Å². The average molecular weight is 367 g/mol. The second-order valence-corrected chi connectivity index (χ2v) is 7.35. The van der Waals surface area contributed by atoms with Crippen LogP contribution in [-0.4, -0.2) is 41.8 Å². The molecule has 0 heterocycles. The SMILES string of the molecule is O=C(NC1CCC(c2ccccc2)CC1)N(CCO)CCc1ccccc1. The first kappa shape index (κ1) is 19.4. The summed E-state index contributed by atoms with van der Waals surface area (Å²) >= 11 is 0. The highest BCUT2D eigenvalue weighted by atomic mass is 16.3. The standard InChI is InChI=1S/C23H30N2O2/c26-18-17-25(16-15-19-7-3-1-4-8-19)23(27)24-22-13-11-21(12-14-22)20-9-5-2-6-10-20/h1-10,21-22,26H,11-18H2,(H,24,27). The van der Waals surface area contributed by atoms with Gasteiger partial charge in [0.25, 0.3) is 0 Å². The third-order valence-corrected chi connectivity index (χ3v) is 5.50. The third-order valence-electron chi connectivity index (χ3n) is 5.50. The van der Waals surface area contributed by atoms with Gasteiger partial charge in [0.05, 0.1) is 6.61 Å². The van der Waals surface area contributed by atoms with Gasteiger partial charge in [0.1, 0.15) is 0 Å². The zero-order valence-electron chi connectivity index (χ0n) is 15.9. The molecule has 1 aliphatic rings. The van der Waals surface area contributed by atoms with E-state index in [4.69, 9.17) is 0 Å². The zero-order valence-corrected chi connectivity index (χ0v) is 15.9. The average Bonchev–Trinajstić information content (AvgIpc) is 2.73. The molecule has 0 bridgehead atoms. The lowest BCUT2D eigenvalue weighted by atomic mass is 9.82. The Bertz CT molecular complexity index is 682. The van der Waals surface area contributed by atoms with Crippen LogP contribution >= 0.6 is 0 Å². The van der Waals surface area contributed by atoms with Crippen molar-refractivity contribution < 1.29 is 9.90 Å². The molecular formula is C23H30N2O2. The number of hydrogen-bond donors (Lipinski definition) is 2. The normalized spacial score (nSPS) is 19.4. The fraction of sp³-hybridized carbons (Fsp3) is 0.435. The van der Waals surface area contributed by atoms with Crippen LogP contribution in [0.3, 0.4) is 0 Å². The number of carbonyl (C=O) groups excluding carboxylic acids is 1. The maximum atomic E-state index is 12.7. The van der Waals surface area contributed by atoms with Crippen LogP contribution in [0.25, 0.3) is 0 Å². The first-order valence-electron chi connectivity index (χ1n) is 10.0. The number of aliphatic hydroxyl groups excluding tert-OH is 1. The topological polar surface area (TPSA) is 52.6 Å². The Balaban J connectivity index is 1.47. The molecule has 3 rings (SSSR count). The lowest BCUT2D eigenvalue weighted by Gasteiger charge is -2.31. The predicted octanol–water partition coefficient (Wildman–Crippen LogP) is 3.96. The Morgan fingerprint density at radius 3 is 2.19 bits per heavy atom. The molecule has 2 aromatic carbocycles. The Kier molecular flexibility index (Phi) is 7.28. The molecule has 1 saturated carbocycles. The van der Waals surface area contributed by atoms with Crippen LogP contribution in [-0.2, 0) is 6.42 Å².